The van der Waals surface area contributed by atoms with E-state index in [1.165, 1.54) is 5.56 Å². The maximum Gasteiger partial charge on any atom is 0.220 e. The van der Waals surface area contributed by atoms with Crippen LogP contribution in [0.15, 0.2) is 48.5 Å². The highest BCUT2D eigenvalue weighted by Gasteiger charge is 2.37. The molecule has 2 atom stereocenters. The van der Waals surface area contributed by atoms with Gasteiger partial charge >= 0.3 is 0 Å². The van der Waals surface area contributed by atoms with Crippen molar-refractivity contribution < 1.29 is 14.3 Å². The van der Waals surface area contributed by atoms with Gasteiger partial charge < -0.3 is 14.4 Å². The highest BCUT2D eigenvalue weighted by Crippen LogP contribution is 2.37. The molecule has 30 heavy (non-hydrogen) atoms. The van der Waals surface area contributed by atoms with Gasteiger partial charge in [-0.25, -0.2) is 0 Å². The second kappa shape index (κ2) is 9.22. The summed E-state index contributed by atoms with van der Waals surface area (Å²) in [5.41, 5.74) is 3.19. The molecule has 1 aliphatic heterocycles. The number of benzene rings is 2. The third-order valence-electron chi connectivity index (χ3n) is 5.67. The average Bonchev–Trinajstić information content (AvgIpc) is 2.66. The van der Waals surface area contributed by atoms with Crippen molar-refractivity contribution in [1.82, 2.24) is 4.90 Å². The Hall–Kier alpha value is -2.33. The van der Waals surface area contributed by atoms with Crippen LogP contribution in [0.1, 0.15) is 70.2 Å². The van der Waals surface area contributed by atoms with Crippen LogP contribution in [0, 0.1) is 6.92 Å². The molecule has 1 heterocycles. The van der Waals surface area contributed by atoms with Gasteiger partial charge in [0.15, 0.2) is 0 Å². The summed E-state index contributed by atoms with van der Waals surface area (Å²) in [5.74, 6) is 0.934. The Kier molecular flexibility index (Phi) is 6.87. The largest absolute Gasteiger partial charge is 0.491 e. The number of carbonyl (C=O) groups is 1. The minimum Gasteiger partial charge on any atom is -0.491 e. The monoisotopic (exact) mass is 409 g/mol. The Morgan fingerprint density at radius 1 is 1.07 bits per heavy atom. The summed E-state index contributed by atoms with van der Waals surface area (Å²) < 4.78 is 11.8. The fourth-order valence-corrected chi connectivity index (χ4v) is 4.35. The zero-order valence-electron chi connectivity index (χ0n) is 19.1. The first-order valence-electron chi connectivity index (χ1n) is 10.9. The molecule has 1 fully saturated rings. The fraction of sp³-hybridized carbons (Fsp3) is 0.500. The van der Waals surface area contributed by atoms with Crippen molar-refractivity contribution in [2.24, 2.45) is 0 Å². The number of hydrogen-bond acceptors (Lipinski definition) is 3. The summed E-state index contributed by atoms with van der Waals surface area (Å²) in [7, 11) is 0. The van der Waals surface area contributed by atoms with E-state index in [0.29, 0.717) is 6.61 Å². The van der Waals surface area contributed by atoms with Gasteiger partial charge in [0.1, 0.15) is 5.75 Å². The van der Waals surface area contributed by atoms with E-state index in [0.717, 1.165) is 29.7 Å². The minimum absolute atomic E-state index is 0.0887. The van der Waals surface area contributed by atoms with Crippen LogP contribution in [-0.4, -0.2) is 35.2 Å². The maximum atomic E-state index is 13.0. The highest BCUT2D eigenvalue weighted by atomic mass is 16.5. The van der Waals surface area contributed by atoms with E-state index in [4.69, 9.17) is 9.47 Å². The van der Waals surface area contributed by atoms with Gasteiger partial charge in [0.05, 0.1) is 17.7 Å². The third-order valence-corrected chi connectivity index (χ3v) is 5.67. The van der Waals surface area contributed by atoms with E-state index in [9.17, 15) is 4.79 Å². The molecule has 0 bridgehead atoms. The molecule has 0 aromatic heterocycles. The van der Waals surface area contributed by atoms with E-state index in [2.05, 4.69) is 62.1 Å². The standard InChI is InChI=1S/C26H35NO3/c1-18(2)30-24-13-11-22(12-14-24)25(21-9-7-19(3)8-10-21)27(20(4)28)23-15-16-29-26(5,6)17-23/h7-14,18,23,25H,15-17H2,1-6H3/t23-,25+/m1/s1. The number of aryl methyl sites for hydroxylation is 1. The van der Waals surface area contributed by atoms with Crippen LogP contribution in [-0.2, 0) is 9.53 Å². The molecule has 1 aliphatic rings. The molecule has 0 radical (unpaired) electrons. The molecule has 0 spiro atoms. The van der Waals surface area contributed by atoms with Crippen molar-refractivity contribution in [1.29, 1.82) is 0 Å². The Labute approximate surface area is 181 Å². The number of rotatable bonds is 6. The quantitative estimate of drug-likeness (QED) is 0.616. The number of ether oxygens (including phenoxy) is 2. The van der Waals surface area contributed by atoms with Gasteiger partial charge in [-0.2, -0.15) is 0 Å². The van der Waals surface area contributed by atoms with Crippen LogP contribution in [0.25, 0.3) is 0 Å². The van der Waals surface area contributed by atoms with Crippen molar-refractivity contribution in [3.63, 3.8) is 0 Å². The lowest BCUT2D eigenvalue weighted by atomic mass is 9.88. The summed E-state index contributed by atoms with van der Waals surface area (Å²) in [6, 6.07) is 16.7. The summed E-state index contributed by atoms with van der Waals surface area (Å²) in [6.07, 6.45) is 1.80. The summed E-state index contributed by atoms with van der Waals surface area (Å²) >= 11 is 0. The molecule has 0 aliphatic carbocycles. The van der Waals surface area contributed by atoms with Crippen molar-refractivity contribution in [2.45, 2.75) is 78.2 Å². The van der Waals surface area contributed by atoms with Crippen LogP contribution >= 0.6 is 0 Å². The summed E-state index contributed by atoms with van der Waals surface area (Å²) in [4.78, 5) is 15.0. The normalized spacial score (nSPS) is 19.4. The van der Waals surface area contributed by atoms with Crippen LogP contribution in [0.4, 0.5) is 0 Å². The molecular formula is C26H35NO3. The van der Waals surface area contributed by atoms with Gasteiger partial charge in [-0.3, -0.25) is 4.79 Å². The lowest BCUT2D eigenvalue weighted by Gasteiger charge is -2.44. The summed E-state index contributed by atoms with van der Waals surface area (Å²) in [6.45, 7) is 12.7. The predicted octanol–water partition coefficient (Wildman–Crippen LogP) is 5.68. The number of hydrogen-bond donors (Lipinski definition) is 0. The minimum atomic E-state index is -0.233. The molecule has 4 heteroatoms. The van der Waals surface area contributed by atoms with E-state index in [1.807, 2.05) is 26.0 Å². The van der Waals surface area contributed by atoms with Gasteiger partial charge in [-0.15, -0.1) is 0 Å². The van der Waals surface area contributed by atoms with Crippen molar-refractivity contribution in [3.05, 3.63) is 65.2 Å². The zero-order chi connectivity index (χ0) is 21.9. The first-order valence-corrected chi connectivity index (χ1v) is 10.9. The molecule has 0 unspecified atom stereocenters. The average molecular weight is 410 g/mol. The number of carbonyl (C=O) groups excluding carboxylic acids is 1. The molecule has 0 N–H and O–H groups in total. The third kappa shape index (κ3) is 5.42. The second-order valence-electron chi connectivity index (χ2n) is 9.23. The first-order chi connectivity index (χ1) is 14.2. The number of nitrogens with zero attached hydrogens (tertiary/aromatic N) is 1. The van der Waals surface area contributed by atoms with E-state index in [-0.39, 0.29) is 29.7 Å². The smallest absolute Gasteiger partial charge is 0.220 e. The van der Waals surface area contributed by atoms with E-state index in [1.54, 1.807) is 6.92 Å². The molecule has 2 aromatic carbocycles. The topological polar surface area (TPSA) is 38.8 Å². The first kappa shape index (κ1) is 22.4. The Morgan fingerprint density at radius 3 is 2.13 bits per heavy atom. The Balaban J connectivity index is 2.03. The van der Waals surface area contributed by atoms with Crippen molar-refractivity contribution in [3.8, 4) is 5.75 Å². The maximum absolute atomic E-state index is 13.0. The van der Waals surface area contributed by atoms with Gasteiger partial charge in [0, 0.05) is 19.6 Å². The van der Waals surface area contributed by atoms with Crippen LogP contribution in [0.2, 0.25) is 0 Å². The van der Waals surface area contributed by atoms with Gasteiger partial charge in [-0.05, 0) is 70.7 Å². The van der Waals surface area contributed by atoms with Gasteiger partial charge in [0.2, 0.25) is 5.91 Å². The fourth-order valence-electron chi connectivity index (χ4n) is 4.35. The van der Waals surface area contributed by atoms with Gasteiger partial charge in [-0.1, -0.05) is 42.0 Å². The van der Waals surface area contributed by atoms with E-state index >= 15 is 0 Å². The van der Waals surface area contributed by atoms with Crippen molar-refractivity contribution >= 4 is 5.91 Å². The molecule has 1 saturated heterocycles. The van der Waals surface area contributed by atoms with Crippen LogP contribution in [0.5, 0.6) is 5.75 Å². The molecule has 1 amide bonds. The SMILES string of the molecule is CC(=O)N([C@@H]1CCOC(C)(C)C1)[C@@H](c1ccc(C)cc1)c1ccc(OC(C)C)cc1. The number of amides is 1. The molecule has 4 nitrogen and oxygen atoms in total. The van der Waals surface area contributed by atoms with Crippen LogP contribution < -0.4 is 4.74 Å². The highest BCUT2D eigenvalue weighted by molar-refractivity contribution is 5.75. The van der Waals surface area contributed by atoms with E-state index < -0.39 is 0 Å². The Morgan fingerprint density at radius 2 is 1.63 bits per heavy atom. The molecular weight excluding hydrogens is 374 g/mol. The van der Waals surface area contributed by atoms with Crippen molar-refractivity contribution in [2.75, 3.05) is 6.61 Å². The molecule has 2 aromatic rings. The molecule has 3 rings (SSSR count). The lowest BCUT2D eigenvalue weighted by Crippen LogP contribution is -2.49. The lowest BCUT2D eigenvalue weighted by molar-refractivity contribution is -0.140. The van der Waals surface area contributed by atoms with Crippen LogP contribution in [0.3, 0.4) is 0 Å². The zero-order valence-corrected chi connectivity index (χ0v) is 19.1. The van der Waals surface area contributed by atoms with Gasteiger partial charge in [0.25, 0.3) is 0 Å². The molecule has 0 saturated carbocycles. The Bertz CT molecular complexity index is 840. The predicted molar refractivity (Wildman–Crippen MR) is 121 cm³/mol. The molecule has 162 valence electrons. The summed E-state index contributed by atoms with van der Waals surface area (Å²) in [5, 5.41) is 0. The second-order valence-corrected chi connectivity index (χ2v) is 9.23.